The number of hydrazone groups is 1. The molecule has 4 aliphatic heterocycles. The number of esters is 1. The van der Waals surface area contributed by atoms with Crippen molar-refractivity contribution in [2.45, 2.75) is 91.3 Å². The van der Waals surface area contributed by atoms with Gasteiger partial charge in [0.15, 0.2) is 5.84 Å². The minimum Gasteiger partial charge on any atom is -0.508 e. The van der Waals surface area contributed by atoms with Gasteiger partial charge < -0.3 is 44.1 Å². The van der Waals surface area contributed by atoms with Gasteiger partial charge in [0.05, 0.1) is 34.6 Å². The number of amidine groups is 1. The van der Waals surface area contributed by atoms with Crippen molar-refractivity contribution in [1.29, 1.82) is 0 Å². The lowest BCUT2D eigenvalue weighted by Crippen LogP contribution is -2.51. The smallest absolute Gasteiger partial charge is 0.410 e. The Morgan fingerprint density at radius 2 is 1.78 bits per heavy atom. The van der Waals surface area contributed by atoms with Crippen LogP contribution in [-0.2, 0) is 45.2 Å². The number of ether oxygens (including phenoxy) is 2. The number of anilines is 1. The summed E-state index contributed by atoms with van der Waals surface area (Å²) in [7, 11) is 0. The van der Waals surface area contributed by atoms with E-state index in [9.17, 15) is 34.5 Å². The van der Waals surface area contributed by atoms with Crippen molar-refractivity contribution in [3.63, 3.8) is 0 Å². The van der Waals surface area contributed by atoms with Gasteiger partial charge in [-0.05, 0) is 110 Å². The molecule has 3 aromatic carbocycles. The molecule has 7 heterocycles. The summed E-state index contributed by atoms with van der Waals surface area (Å²) in [6.07, 6.45) is 2.10. The number of aromatic hydroxyl groups is 3. The number of cyclic esters (lactones) is 1. The number of aryl methyl sites for hydroxylation is 2. The first-order chi connectivity index (χ1) is 32.3. The fourth-order valence-corrected chi connectivity index (χ4v) is 10.1. The SMILES string of the molecule is CCNC(=O)C1NN=C(c2cc(C(C)C)c(O)cc2O)N1c1ccc2c(ccn2CCC2CCN(C(=O)OC3C(=O)OCc4c3cc3n(c4=O)Cc4c-3nc3ccc(O)cc3c4CC)CC2)c1. The van der Waals surface area contributed by atoms with Crippen LogP contribution in [0.3, 0.4) is 0 Å². The first-order valence-electron chi connectivity index (χ1n) is 22.9. The number of pyridine rings is 2. The number of benzene rings is 3. The van der Waals surface area contributed by atoms with Gasteiger partial charge in [0, 0.05) is 71.5 Å². The minimum absolute atomic E-state index is 0.0163. The van der Waals surface area contributed by atoms with Crippen LogP contribution < -0.4 is 21.2 Å². The average molecular weight is 909 g/mol. The van der Waals surface area contributed by atoms with Crippen LogP contribution in [0.25, 0.3) is 33.2 Å². The summed E-state index contributed by atoms with van der Waals surface area (Å²) in [4.78, 5) is 62.5. The Kier molecular flexibility index (Phi) is 11.0. The Morgan fingerprint density at radius 1 is 0.970 bits per heavy atom. The van der Waals surface area contributed by atoms with Crippen LogP contribution in [0.5, 0.6) is 17.2 Å². The van der Waals surface area contributed by atoms with E-state index in [-0.39, 0.29) is 53.3 Å². The van der Waals surface area contributed by atoms with Gasteiger partial charge in [-0.25, -0.2) is 14.6 Å². The van der Waals surface area contributed by atoms with Crippen molar-refractivity contribution < 1.29 is 39.2 Å². The second-order valence-corrected chi connectivity index (χ2v) is 18.0. The zero-order chi connectivity index (χ0) is 46.8. The summed E-state index contributed by atoms with van der Waals surface area (Å²) < 4.78 is 15.1. The molecule has 67 heavy (non-hydrogen) atoms. The normalized spacial score (nSPS) is 17.9. The Labute approximate surface area is 385 Å². The van der Waals surface area contributed by atoms with Gasteiger partial charge >= 0.3 is 12.1 Å². The van der Waals surface area contributed by atoms with Crippen molar-refractivity contribution in [2.24, 2.45) is 11.0 Å². The minimum atomic E-state index is -1.40. The molecule has 346 valence electrons. The van der Waals surface area contributed by atoms with Gasteiger partial charge in [0.25, 0.3) is 11.5 Å². The number of piperidine rings is 1. The van der Waals surface area contributed by atoms with Crippen LogP contribution in [0, 0.1) is 5.92 Å². The number of aromatic nitrogens is 3. The van der Waals surface area contributed by atoms with Crippen LogP contribution in [0.4, 0.5) is 10.5 Å². The third kappa shape index (κ3) is 7.51. The summed E-state index contributed by atoms with van der Waals surface area (Å²) in [5.41, 5.74) is 9.63. The molecular weight excluding hydrogens is 857 g/mol. The van der Waals surface area contributed by atoms with Gasteiger partial charge in [-0.3, -0.25) is 19.9 Å². The maximum absolute atomic E-state index is 14.0. The second kappa shape index (κ2) is 17.0. The van der Waals surface area contributed by atoms with Gasteiger partial charge in [0.1, 0.15) is 23.9 Å². The highest BCUT2D eigenvalue weighted by Crippen LogP contribution is 2.40. The van der Waals surface area contributed by atoms with Crippen LogP contribution in [0.15, 0.2) is 76.8 Å². The maximum Gasteiger partial charge on any atom is 0.410 e. The van der Waals surface area contributed by atoms with Gasteiger partial charge in [-0.2, -0.15) is 5.10 Å². The monoisotopic (exact) mass is 908 g/mol. The first kappa shape index (κ1) is 43.3. The topological polar surface area (TPSA) is 213 Å². The van der Waals surface area contributed by atoms with E-state index < -0.39 is 24.3 Å². The first-order valence-corrected chi connectivity index (χ1v) is 22.9. The molecule has 1 saturated heterocycles. The number of nitrogens with one attached hydrogen (secondary N) is 2. The standard InChI is InChI=1S/C50H52N8O9/c1-5-31-33-20-30(59)8-9-38(33)52-43-36(31)24-57-40(43)22-34-37(48(57)63)25-66-49(64)44(34)67-50(65)56-16-12-27(13-17-56)11-15-55-18-14-28-19-29(7-10-39(28)55)58-45(53-54-46(58)47(62)51-6-2)35-21-32(26(3)4)41(60)23-42(35)61/h7-10,14,18-23,26-27,44,46,54,59-61H,5-6,11-13,15-17,24-25H2,1-4H3,(H,51,62). The Balaban J connectivity index is 0.811. The van der Waals surface area contributed by atoms with E-state index in [1.54, 1.807) is 44.7 Å². The Bertz CT molecular complexity index is 3110. The lowest BCUT2D eigenvalue weighted by Gasteiger charge is -2.33. The molecule has 5 N–H and O–H groups in total. The van der Waals surface area contributed by atoms with E-state index >= 15 is 0 Å². The van der Waals surface area contributed by atoms with E-state index in [0.717, 1.165) is 53.2 Å². The Hall–Kier alpha value is -7.56. The molecule has 0 radical (unpaired) electrons. The fourth-order valence-electron chi connectivity index (χ4n) is 10.1. The van der Waals surface area contributed by atoms with Crippen LogP contribution >= 0.6 is 0 Å². The van der Waals surface area contributed by atoms with Gasteiger partial charge in [0.2, 0.25) is 12.3 Å². The number of phenols is 3. The van der Waals surface area contributed by atoms with Crippen molar-refractivity contribution in [1.82, 2.24) is 29.8 Å². The van der Waals surface area contributed by atoms with Crippen LogP contribution in [0.2, 0.25) is 0 Å². The van der Waals surface area contributed by atoms with E-state index in [0.29, 0.717) is 77.1 Å². The lowest BCUT2D eigenvalue weighted by molar-refractivity contribution is -0.158. The van der Waals surface area contributed by atoms with Gasteiger partial charge in [-0.1, -0.05) is 20.8 Å². The molecule has 0 saturated carbocycles. The number of amides is 2. The number of rotatable bonds is 10. The second-order valence-electron chi connectivity index (χ2n) is 18.0. The third-order valence-corrected chi connectivity index (χ3v) is 13.7. The molecule has 2 amide bonds. The number of hydrogen-bond donors (Lipinski definition) is 5. The molecule has 0 bridgehead atoms. The van der Waals surface area contributed by atoms with E-state index in [1.807, 2.05) is 58.2 Å². The Morgan fingerprint density at radius 3 is 2.54 bits per heavy atom. The largest absolute Gasteiger partial charge is 0.508 e. The number of fused-ring (bicyclic) bond motifs is 6. The molecule has 2 unspecified atom stereocenters. The summed E-state index contributed by atoms with van der Waals surface area (Å²) >= 11 is 0. The number of phenolic OH excluding ortho intramolecular Hbond substituents is 3. The molecule has 6 aromatic rings. The van der Waals surface area contributed by atoms with E-state index in [4.69, 9.17) is 14.5 Å². The molecule has 10 rings (SSSR count). The highest BCUT2D eigenvalue weighted by atomic mass is 16.6. The van der Waals surface area contributed by atoms with Crippen LogP contribution in [0.1, 0.15) is 92.4 Å². The number of nitrogens with zero attached hydrogens (tertiary/aromatic N) is 6. The highest BCUT2D eigenvalue weighted by molar-refractivity contribution is 6.16. The molecular formula is C50H52N8O9. The third-order valence-electron chi connectivity index (χ3n) is 13.7. The summed E-state index contributed by atoms with van der Waals surface area (Å²) in [6, 6.07) is 17.7. The number of hydrogen-bond acceptors (Lipinski definition) is 13. The molecule has 2 atom stereocenters. The zero-order valence-corrected chi connectivity index (χ0v) is 37.7. The summed E-state index contributed by atoms with van der Waals surface area (Å²) in [5.74, 6) is -0.415. The maximum atomic E-state index is 14.0. The number of carbonyl (C=O) groups is 3. The molecule has 0 spiro atoms. The molecule has 1 fully saturated rings. The van der Waals surface area contributed by atoms with Gasteiger partial charge in [-0.15, -0.1) is 0 Å². The highest BCUT2D eigenvalue weighted by Gasteiger charge is 2.40. The summed E-state index contributed by atoms with van der Waals surface area (Å²) in [5, 5.41) is 40.9. The molecule has 4 aliphatic rings. The molecule has 17 heteroatoms. The van der Waals surface area contributed by atoms with E-state index in [1.165, 1.54) is 6.07 Å². The number of likely N-dealkylation sites (N-methyl/N-ethyl adjacent to an activating group) is 1. The predicted octanol–water partition coefficient (Wildman–Crippen LogP) is 6.45. The molecule has 17 nitrogen and oxygen atoms in total. The van der Waals surface area contributed by atoms with Crippen molar-refractivity contribution in [3.8, 4) is 28.6 Å². The average Bonchev–Trinajstić information content (AvgIpc) is 4.04. The lowest BCUT2D eigenvalue weighted by atomic mass is 9.93. The van der Waals surface area contributed by atoms with Crippen molar-refractivity contribution in [3.05, 3.63) is 111 Å². The quantitative estimate of drug-likeness (QED) is 0.0937. The van der Waals surface area contributed by atoms with E-state index in [2.05, 4.69) is 20.4 Å². The van der Waals surface area contributed by atoms with Crippen molar-refractivity contribution >= 4 is 51.3 Å². The molecule has 3 aromatic heterocycles. The van der Waals surface area contributed by atoms with Crippen molar-refractivity contribution in [2.75, 3.05) is 24.5 Å². The predicted molar refractivity (Wildman–Crippen MR) is 250 cm³/mol. The summed E-state index contributed by atoms with van der Waals surface area (Å²) in [6.45, 7) is 9.85. The number of carbonyl (C=O) groups excluding carboxylic acids is 3. The fraction of sp³-hybridized carbons (Fsp3) is 0.360. The zero-order valence-electron chi connectivity index (χ0n) is 37.7. The number of likely N-dealkylation sites (tertiary alicyclic amines) is 1. The molecule has 0 aliphatic carbocycles. The van der Waals surface area contributed by atoms with Crippen LogP contribution in [-0.4, -0.2) is 83.9 Å².